The van der Waals surface area contributed by atoms with Gasteiger partial charge in [-0.1, -0.05) is 30.3 Å². The summed E-state index contributed by atoms with van der Waals surface area (Å²) in [5, 5.41) is 0.385. The van der Waals surface area contributed by atoms with E-state index in [1.54, 1.807) is 18.2 Å². The molecule has 1 atom stereocenters. The molecule has 4 rings (SSSR count). The number of fused-ring (bicyclic) bond motifs is 3. The van der Waals surface area contributed by atoms with Crippen LogP contribution >= 0.6 is 0 Å². The van der Waals surface area contributed by atoms with Crippen LogP contribution in [0, 0.1) is 0 Å². The Labute approximate surface area is 167 Å². The van der Waals surface area contributed by atoms with Crippen molar-refractivity contribution in [2.75, 3.05) is 7.11 Å². The van der Waals surface area contributed by atoms with E-state index in [0.717, 1.165) is 19.2 Å². The number of benzene rings is 2. The number of carbonyl (C=O) groups is 1. The fourth-order valence-electron chi connectivity index (χ4n) is 3.50. The summed E-state index contributed by atoms with van der Waals surface area (Å²) in [7, 11) is 1.09. The van der Waals surface area contributed by atoms with Crippen LogP contribution in [-0.2, 0) is 15.7 Å². The van der Waals surface area contributed by atoms with Crippen molar-refractivity contribution in [3.8, 4) is 5.75 Å². The molecule has 0 radical (unpaired) electrons. The summed E-state index contributed by atoms with van der Waals surface area (Å²) in [5.74, 6) is -2.56. The van der Waals surface area contributed by atoms with Gasteiger partial charge in [0, 0.05) is 0 Å². The quantitative estimate of drug-likeness (QED) is 0.505. The topological polar surface area (TPSA) is 91.8 Å². The van der Waals surface area contributed by atoms with Crippen molar-refractivity contribution in [1.29, 1.82) is 0 Å². The van der Waals surface area contributed by atoms with E-state index in [4.69, 9.17) is 19.6 Å². The van der Waals surface area contributed by atoms with E-state index in [2.05, 4.69) is 0 Å². The van der Waals surface area contributed by atoms with Crippen LogP contribution in [0.25, 0.3) is 11.0 Å². The fourth-order valence-corrected chi connectivity index (χ4v) is 3.50. The van der Waals surface area contributed by atoms with Gasteiger partial charge in [0.1, 0.15) is 11.2 Å². The summed E-state index contributed by atoms with van der Waals surface area (Å²) in [6.07, 6.45) is -4.63. The Hall–Kier alpha value is -3.75. The zero-order valence-corrected chi connectivity index (χ0v) is 15.4. The molecule has 154 valence electrons. The lowest BCUT2D eigenvalue weighted by molar-refractivity contribution is -0.137. The maximum atomic E-state index is 13.3. The van der Waals surface area contributed by atoms with Gasteiger partial charge in [-0.15, -0.1) is 0 Å². The first-order chi connectivity index (χ1) is 14.2. The number of halogens is 3. The molecule has 0 unspecified atom stereocenters. The van der Waals surface area contributed by atoms with Crippen molar-refractivity contribution < 1.29 is 31.9 Å². The molecule has 0 spiro atoms. The first kappa shape index (κ1) is 19.6. The third-order valence-electron chi connectivity index (χ3n) is 4.81. The van der Waals surface area contributed by atoms with Crippen molar-refractivity contribution in [3.05, 3.63) is 87.1 Å². The largest absolute Gasteiger partial charge is 0.465 e. The fraction of sp³-hybridized carbons (Fsp3) is 0.143. The van der Waals surface area contributed by atoms with E-state index in [-0.39, 0.29) is 33.9 Å². The van der Waals surface area contributed by atoms with Crippen molar-refractivity contribution in [1.82, 2.24) is 0 Å². The van der Waals surface area contributed by atoms with Gasteiger partial charge in [-0.05, 0) is 23.8 Å². The molecule has 3 aromatic rings. The Morgan fingerprint density at radius 1 is 1.13 bits per heavy atom. The number of methoxy groups -OCH3 is 1. The molecule has 0 fully saturated rings. The second-order valence-corrected chi connectivity index (χ2v) is 6.56. The Kier molecular flexibility index (Phi) is 4.53. The van der Waals surface area contributed by atoms with E-state index in [9.17, 15) is 22.8 Å². The third-order valence-corrected chi connectivity index (χ3v) is 4.81. The summed E-state index contributed by atoms with van der Waals surface area (Å²) in [5.41, 5.74) is 3.96. The zero-order valence-electron chi connectivity index (χ0n) is 15.4. The van der Waals surface area contributed by atoms with Crippen LogP contribution in [0.4, 0.5) is 13.2 Å². The molecule has 2 N–H and O–H groups in total. The molecule has 30 heavy (non-hydrogen) atoms. The van der Waals surface area contributed by atoms with Crippen LogP contribution < -0.4 is 16.1 Å². The maximum Gasteiger partial charge on any atom is 0.416 e. The van der Waals surface area contributed by atoms with E-state index in [1.807, 2.05) is 0 Å². The first-order valence-electron chi connectivity index (χ1n) is 8.71. The van der Waals surface area contributed by atoms with Crippen molar-refractivity contribution in [2.24, 2.45) is 5.73 Å². The monoisotopic (exact) mass is 417 g/mol. The van der Waals surface area contributed by atoms with Crippen LogP contribution in [0.15, 0.2) is 69.2 Å². The molecule has 1 aliphatic heterocycles. The lowest BCUT2D eigenvalue weighted by atomic mass is 9.82. The Balaban J connectivity index is 2.06. The molecule has 2 heterocycles. The summed E-state index contributed by atoms with van der Waals surface area (Å²) < 4.78 is 55.5. The molecular weight excluding hydrogens is 403 g/mol. The summed E-state index contributed by atoms with van der Waals surface area (Å²) in [6, 6.07) is 10.7. The standard InChI is InChI=1S/C21H14F3NO5/c1-28-19(26)16-14(10-5-4-6-11(9-10)21(22,23)24)15-17(30-18(16)25)12-7-2-3-8-13(12)29-20(15)27/h2-9,14H,25H2,1H3/t14-/m1/s1. The van der Waals surface area contributed by atoms with Crippen LogP contribution in [0.1, 0.15) is 22.6 Å². The van der Waals surface area contributed by atoms with Crippen LogP contribution in [-0.4, -0.2) is 13.1 Å². The number of hydrogen-bond donors (Lipinski definition) is 1. The van der Waals surface area contributed by atoms with Gasteiger partial charge in [0.25, 0.3) is 0 Å². The minimum atomic E-state index is -4.63. The van der Waals surface area contributed by atoms with E-state index in [1.165, 1.54) is 18.2 Å². The molecule has 0 saturated carbocycles. The molecule has 9 heteroatoms. The van der Waals surface area contributed by atoms with Gasteiger partial charge in [0.15, 0.2) is 5.75 Å². The van der Waals surface area contributed by atoms with Gasteiger partial charge < -0.3 is 19.6 Å². The number of rotatable bonds is 2. The molecule has 0 amide bonds. The lowest BCUT2D eigenvalue weighted by Gasteiger charge is -2.28. The molecule has 0 saturated heterocycles. The van der Waals surface area contributed by atoms with Gasteiger partial charge >= 0.3 is 17.8 Å². The van der Waals surface area contributed by atoms with Crippen molar-refractivity contribution in [3.63, 3.8) is 0 Å². The average molecular weight is 417 g/mol. The first-order valence-corrected chi connectivity index (χ1v) is 8.71. The van der Waals surface area contributed by atoms with Crippen LogP contribution in [0.5, 0.6) is 5.75 Å². The summed E-state index contributed by atoms with van der Waals surface area (Å²) in [4.78, 5) is 25.3. The normalized spacial score (nSPS) is 16.2. The predicted octanol–water partition coefficient (Wildman–Crippen LogP) is 3.68. The van der Waals surface area contributed by atoms with Gasteiger partial charge in [-0.3, -0.25) is 0 Å². The van der Waals surface area contributed by atoms with Crippen molar-refractivity contribution in [2.45, 2.75) is 12.1 Å². The highest BCUT2D eigenvalue weighted by molar-refractivity contribution is 5.94. The number of nitrogens with two attached hydrogens (primary N) is 1. The molecule has 1 aromatic heterocycles. The minimum absolute atomic E-state index is 0.0142. The highest BCUT2D eigenvalue weighted by Gasteiger charge is 2.40. The SMILES string of the molecule is COC(=O)C1=C(N)Oc2c(c(=O)oc3ccccc23)[C@H]1c1cccc(C(F)(F)F)c1. The zero-order chi connectivity index (χ0) is 21.6. The van der Waals surface area contributed by atoms with Crippen LogP contribution in [0.2, 0.25) is 0 Å². The highest BCUT2D eigenvalue weighted by Crippen LogP contribution is 2.44. The van der Waals surface area contributed by atoms with E-state index < -0.39 is 29.3 Å². The van der Waals surface area contributed by atoms with Gasteiger partial charge in [0.2, 0.25) is 5.88 Å². The molecule has 0 aliphatic carbocycles. The number of carbonyl (C=O) groups excluding carboxylic acids is 1. The minimum Gasteiger partial charge on any atom is -0.465 e. The summed E-state index contributed by atoms with van der Waals surface area (Å²) in [6.45, 7) is 0. The lowest BCUT2D eigenvalue weighted by Crippen LogP contribution is -2.30. The average Bonchev–Trinajstić information content (AvgIpc) is 2.72. The number of esters is 1. The number of para-hydroxylation sites is 1. The smallest absolute Gasteiger partial charge is 0.416 e. The third kappa shape index (κ3) is 3.08. The van der Waals surface area contributed by atoms with E-state index >= 15 is 0 Å². The molecule has 0 bridgehead atoms. The molecule has 2 aromatic carbocycles. The maximum absolute atomic E-state index is 13.3. The summed E-state index contributed by atoms with van der Waals surface area (Å²) >= 11 is 0. The second-order valence-electron chi connectivity index (χ2n) is 6.56. The van der Waals surface area contributed by atoms with Crippen molar-refractivity contribution >= 4 is 16.9 Å². The van der Waals surface area contributed by atoms with Gasteiger partial charge in [-0.25, -0.2) is 9.59 Å². The molecule has 1 aliphatic rings. The predicted molar refractivity (Wildman–Crippen MR) is 99.6 cm³/mol. The Bertz CT molecular complexity index is 1260. The second kappa shape index (κ2) is 6.94. The number of hydrogen-bond acceptors (Lipinski definition) is 6. The number of ether oxygens (including phenoxy) is 2. The highest BCUT2D eigenvalue weighted by atomic mass is 19.4. The molecule has 6 nitrogen and oxygen atoms in total. The van der Waals surface area contributed by atoms with Gasteiger partial charge in [-0.2, -0.15) is 13.2 Å². The number of alkyl halides is 3. The Morgan fingerprint density at radius 2 is 1.87 bits per heavy atom. The van der Waals surface area contributed by atoms with Crippen LogP contribution in [0.3, 0.4) is 0 Å². The van der Waals surface area contributed by atoms with Gasteiger partial charge in [0.05, 0.1) is 29.5 Å². The van der Waals surface area contributed by atoms with E-state index in [0.29, 0.717) is 5.39 Å². The Morgan fingerprint density at radius 3 is 2.57 bits per heavy atom. The molecular formula is C21H14F3NO5.